The highest BCUT2D eigenvalue weighted by atomic mass is 35.5. The minimum Gasteiger partial charge on any atom is -0.465 e. The van der Waals surface area contributed by atoms with E-state index in [2.05, 4.69) is 34.9 Å². The lowest BCUT2D eigenvalue weighted by Gasteiger charge is -2.31. The zero-order valence-corrected chi connectivity index (χ0v) is 53.5. The number of rotatable bonds is 24. The summed E-state index contributed by atoms with van der Waals surface area (Å²) in [7, 11) is -9.30. The average Bonchev–Trinajstić information content (AvgIpc) is 1.58. The number of para-hydroxylation sites is 2. The number of halogens is 8. The smallest absolute Gasteiger partial charge is 0.465 e. The fourth-order valence-corrected chi connectivity index (χ4v) is 12.7. The Hall–Kier alpha value is -7.30. The van der Waals surface area contributed by atoms with Gasteiger partial charge in [-0.25, -0.2) is 50.1 Å². The summed E-state index contributed by atoms with van der Waals surface area (Å²) in [4.78, 5) is 32.1. The van der Waals surface area contributed by atoms with Crippen molar-refractivity contribution >= 4 is 62.5 Å². The molecule has 3 fully saturated rings. The van der Waals surface area contributed by atoms with Gasteiger partial charge >= 0.3 is 27.4 Å². The van der Waals surface area contributed by atoms with Gasteiger partial charge in [0.1, 0.15) is 108 Å². The molecular weight excluding hydrogens is 1340 g/mol. The highest BCUT2D eigenvalue weighted by molar-refractivity contribution is 7.52. The maximum Gasteiger partial charge on any atom is 0.513 e. The van der Waals surface area contributed by atoms with Gasteiger partial charge in [-0.15, -0.1) is 12.4 Å². The number of hydrogen-bond donors (Lipinski definition) is 7. The molecule has 0 amide bonds. The first kappa shape index (κ1) is 76.7. The van der Waals surface area contributed by atoms with Gasteiger partial charge in [-0.05, 0) is 89.1 Å². The summed E-state index contributed by atoms with van der Waals surface area (Å²) >= 11 is 0. The number of nitrogens with one attached hydrogen (secondary N) is 2. The Labute approximate surface area is 545 Å². The van der Waals surface area contributed by atoms with Crippen molar-refractivity contribution in [1.29, 1.82) is 0 Å². The fourth-order valence-electron chi connectivity index (χ4n) is 9.68. The van der Waals surface area contributed by atoms with E-state index in [-0.39, 0.29) is 56.1 Å². The molecule has 7 aromatic rings. The van der Waals surface area contributed by atoms with Crippen LogP contribution in [0.25, 0.3) is 11.0 Å². The minimum atomic E-state index is -4.90. The number of aliphatic hydroxyl groups excluding tert-OH is 3. The second-order valence-corrected chi connectivity index (χ2v) is 24.9. The van der Waals surface area contributed by atoms with E-state index in [4.69, 9.17) is 53.5 Å². The van der Waals surface area contributed by atoms with Gasteiger partial charge in [0.15, 0.2) is 17.4 Å². The maximum absolute atomic E-state index is 14.5. The molecular formula is C58H72ClF7N10O17P2. The topological polar surface area (TPSA) is 358 Å². The van der Waals surface area contributed by atoms with Crippen molar-refractivity contribution in [2.45, 2.75) is 128 Å². The van der Waals surface area contributed by atoms with Gasteiger partial charge < -0.3 is 68.8 Å². The van der Waals surface area contributed by atoms with E-state index in [1.807, 2.05) is 6.92 Å². The van der Waals surface area contributed by atoms with Crippen LogP contribution in [0, 0.1) is 29.1 Å². The molecule has 2 unspecified atom stereocenters. The van der Waals surface area contributed by atoms with Gasteiger partial charge in [0.2, 0.25) is 34.8 Å². The lowest BCUT2D eigenvalue weighted by atomic mass is 9.96. The van der Waals surface area contributed by atoms with Gasteiger partial charge in [0, 0.05) is 0 Å². The predicted molar refractivity (Wildman–Crippen MR) is 327 cm³/mol. The Kier molecular flexibility index (Phi) is 26.0. The Bertz CT molecular complexity index is 3810. The number of carbonyl (C=O) groups excluding carboxylic acids is 2. The number of esters is 2. The molecule has 0 saturated carbocycles. The van der Waals surface area contributed by atoms with Crippen molar-refractivity contribution in [3.63, 3.8) is 0 Å². The first-order valence-electron chi connectivity index (χ1n) is 28.5. The van der Waals surface area contributed by atoms with Crippen LogP contribution in [0.2, 0.25) is 0 Å². The highest BCUT2D eigenvalue weighted by Crippen LogP contribution is 2.52. The number of ether oxygens (including phenoxy) is 6. The SMILES string of the molecule is C.CC1(C)O[C@H]2[C@H](c3ccc4c(N)ncnn34)O[C@@](CO)(CF)[C@H]2O1.CCCOC(=O)[C@H](C)NP(=O)(OC[C@@]1(CF)O[C@@H](c2ccc3c(N)ncnn23)[C@H](O)[C@@H]1O)Oc1ccccc1.CCCOC(=O)[C@H](C)NP(=O)(Oc1ccccc1)Oc1c(F)c(F)c(F)c(F)c1F.Cl. The van der Waals surface area contributed by atoms with Crippen LogP contribution in [-0.2, 0) is 51.7 Å². The first-order chi connectivity index (χ1) is 44.1. The number of nitrogen functional groups attached to an aromatic ring is 2. The zero-order chi connectivity index (χ0) is 67.8. The lowest BCUT2D eigenvalue weighted by molar-refractivity contribution is -0.220. The Balaban J connectivity index is 0.000000230. The summed E-state index contributed by atoms with van der Waals surface area (Å²) in [5.74, 6) is -15.6. The Morgan fingerprint density at radius 2 is 1.09 bits per heavy atom. The second kappa shape index (κ2) is 32.2. The summed E-state index contributed by atoms with van der Waals surface area (Å²) in [6, 6.07) is 19.2. The van der Waals surface area contributed by atoms with Crippen LogP contribution < -0.4 is 35.2 Å². The van der Waals surface area contributed by atoms with E-state index in [1.165, 1.54) is 67.4 Å². The molecule has 3 aliphatic rings. The molecule has 9 N–H and O–H groups in total. The van der Waals surface area contributed by atoms with E-state index >= 15 is 0 Å². The van der Waals surface area contributed by atoms with Crippen LogP contribution in [-0.4, -0.2) is 150 Å². The van der Waals surface area contributed by atoms with Crippen molar-refractivity contribution in [1.82, 2.24) is 39.4 Å². The Morgan fingerprint density at radius 3 is 1.56 bits per heavy atom. The predicted octanol–water partition coefficient (Wildman–Crippen LogP) is 8.49. The van der Waals surface area contributed by atoms with Crippen molar-refractivity contribution in [3.8, 4) is 17.2 Å². The molecule has 0 aliphatic carbocycles. The zero-order valence-electron chi connectivity index (χ0n) is 50.9. The van der Waals surface area contributed by atoms with Crippen molar-refractivity contribution < 1.29 is 111 Å². The Morgan fingerprint density at radius 1 is 0.653 bits per heavy atom. The normalized spacial score (nSPS) is 23.6. The molecule has 0 spiro atoms. The van der Waals surface area contributed by atoms with Crippen LogP contribution in [0.1, 0.15) is 85.4 Å². The number of carbonyl (C=O) groups is 2. The number of hydrogen-bond acceptors (Lipinski definition) is 23. The molecule has 0 bridgehead atoms. The van der Waals surface area contributed by atoms with Gasteiger partial charge in [-0.2, -0.15) is 29.2 Å². The van der Waals surface area contributed by atoms with Gasteiger partial charge in [-0.1, -0.05) is 57.7 Å². The number of nitrogens with two attached hydrogens (primary N) is 2. The summed E-state index contributed by atoms with van der Waals surface area (Å²) < 4.78 is 181. The lowest BCUT2D eigenvalue weighted by Crippen LogP contribution is -2.49. The molecule has 3 aliphatic heterocycles. The first-order valence-corrected chi connectivity index (χ1v) is 31.6. The number of aliphatic hydroxyl groups is 3. The number of anilines is 2. The molecule has 3 saturated heterocycles. The molecule has 12 atom stereocenters. The number of nitrogens with zero attached hydrogens (tertiary/aromatic N) is 6. The number of aromatic nitrogens is 6. The molecule has 3 aromatic carbocycles. The molecule has 7 heterocycles. The minimum absolute atomic E-state index is 0. The molecule has 4 aromatic heterocycles. The van der Waals surface area contributed by atoms with Gasteiger partial charge in [0.05, 0.1) is 37.8 Å². The van der Waals surface area contributed by atoms with E-state index in [0.717, 1.165) is 0 Å². The average molecular weight is 1410 g/mol. The summed E-state index contributed by atoms with van der Waals surface area (Å²) in [5.41, 5.74) is 10.1. The van der Waals surface area contributed by atoms with Gasteiger partial charge in [0.25, 0.3) is 0 Å². The van der Waals surface area contributed by atoms with E-state index < -0.39 is 155 Å². The second-order valence-electron chi connectivity index (χ2n) is 21.6. The number of benzene rings is 3. The van der Waals surface area contributed by atoms with Crippen LogP contribution in [0.15, 0.2) is 97.6 Å². The summed E-state index contributed by atoms with van der Waals surface area (Å²) in [6.45, 7) is 6.29. The number of alkyl halides is 2. The monoisotopic (exact) mass is 1410 g/mol. The molecule has 522 valence electrons. The molecule has 95 heavy (non-hydrogen) atoms. The quantitative estimate of drug-likeness (QED) is 0.00979. The molecule has 27 nitrogen and oxygen atoms in total. The van der Waals surface area contributed by atoms with Crippen molar-refractivity contribution in [3.05, 3.63) is 138 Å². The summed E-state index contributed by atoms with van der Waals surface area (Å²) in [6.07, 6.45) is -3.00. The van der Waals surface area contributed by atoms with Crippen LogP contribution in [0.5, 0.6) is 17.2 Å². The van der Waals surface area contributed by atoms with E-state index in [0.29, 0.717) is 35.4 Å². The van der Waals surface area contributed by atoms with Crippen molar-refractivity contribution in [2.24, 2.45) is 0 Å². The highest BCUT2D eigenvalue weighted by Gasteiger charge is 2.64. The largest absolute Gasteiger partial charge is 0.513 e. The van der Waals surface area contributed by atoms with E-state index in [1.54, 1.807) is 73.8 Å². The third kappa shape index (κ3) is 16.9. The fraction of sp³-hybridized carbons (Fsp3) is 0.448. The molecule has 37 heteroatoms. The van der Waals surface area contributed by atoms with Gasteiger partial charge in [-0.3, -0.25) is 14.1 Å². The van der Waals surface area contributed by atoms with Crippen molar-refractivity contribution in [2.75, 3.05) is 51.2 Å². The van der Waals surface area contributed by atoms with Crippen LogP contribution in [0.3, 0.4) is 0 Å². The maximum atomic E-state index is 14.5. The standard InChI is InChI=1S/C24H31FN5O8P.C18H17F5NO5P.C15H19FN4O4.CH4.ClH/c1-3-11-35-23(33)15(2)29-39(34,38-16-7-5-4-6-8-16)36-13-24(12-25)21(32)19(31)20(37-24)17-9-10-18-22(26)27-14-28-30(17)18;1-3-9-27-18(25)10(2)24-30(26,28-11-7-5-4-6-8-11)29-17-15(22)13(20)12(19)14(21)16(17)23;1-14(2)22-11-10(23-15(5-16,6-21)12(11)24-14)8-3-4-9-13(17)18-7-19-20(8)9;;/h4-10,14-15,19-21,31-32H,3,11-13H2,1-2H3,(H,29,34)(H2,26,27,28);4-8,10H,3,9H2,1-2H3,(H,24,26);3-4,7,10-12,21H,5-6H2,1-2H3,(H2,17,18,19);1H4;1H/t15-,19-,20-,21-,24+,39?;10-,30?;10-,11-,12-,15+;;/m000../s1. The molecule has 10 rings (SSSR count). The third-order valence-electron chi connectivity index (χ3n) is 14.3. The van der Waals surface area contributed by atoms with E-state index in [9.17, 15) is 64.8 Å². The molecule has 0 radical (unpaired) electrons. The summed E-state index contributed by atoms with van der Waals surface area (Å²) in [5, 5.41) is 44.3. The number of fused-ring (bicyclic) bond motifs is 3. The van der Waals surface area contributed by atoms with Crippen LogP contribution in [0.4, 0.5) is 42.4 Å². The van der Waals surface area contributed by atoms with Crippen LogP contribution >= 0.6 is 27.9 Å². The third-order valence-corrected chi connectivity index (χ3v) is 17.5.